The maximum atomic E-state index is 13.5. The van der Waals surface area contributed by atoms with Gasteiger partial charge in [0.15, 0.2) is 0 Å². The number of carbonyl (C=O) groups is 3. The van der Waals surface area contributed by atoms with Crippen LogP contribution in [0, 0.1) is 5.92 Å². The molecule has 3 aromatic rings. The Morgan fingerprint density at radius 2 is 1.80 bits per heavy atom. The summed E-state index contributed by atoms with van der Waals surface area (Å²) < 4.78 is 2.82. The molecule has 41 heavy (non-hydrogen) atoms. The van der Waals surface area contributed by atoms with Crippen LogP contribution in [-0.4, -0.2) is 53.1 Å². The molecule has 0 atom stereocenters. The Morgan fingerprint density at radius 1 is 1.02 bits per heavy atom. The average Bonchev–Trinajstić information content (AvgIpc) is 3.58. The summed E-state index contributed by atoms with van der Waals surface area (Å²) in [7, 11) is 0. The summed E-state index contributed by atoms with van der Waals surface area (Å²) in [5, 5.41) is 17.1. The number of fused-ring (bicyclic) bond motifs is 1. The van der Waals surface area contributed by atoms with Crippen molar-refractivity contribution in [3.63, 3.8) is 0 Å². The minimum Gasteiger partial charge on any atom is -0.396 e. The number of unbranched alkanes of at least 4 members (excludes halogenated alkanes) is 3. The molecule has 222 valence electrons. The van der Waals surface area contributed by atoms with Crippen molar-refractivity contribution < 1.29 is 19.5 Å². The maximum Gasteiger partial charge on any atom is 0.268 e. The van der Waals surface area contributed by atoms with Gasteiger partial charge in [0, 0.05) is 37.3 Å². The molecule has 1 aromatic carbocycles. The molecule has 1 saturated carbocycles. The van der Waals surface area contributed by atoms with Gasteiger partial charge < -0.3 is 25.2 Å². The number of likely N-dealkylation sites (N-methyl/N-ethyl adjacent to an activating group) is 1. The van der Waals surface area contributed by atoms with Crippen molar-refractivity contribution in [1.82, 2.24) is 15.2 Å². The number of rotatable bonds is 14. The molecule has 0 saturated heterocycles. The molecule has 3 amide bonds. The lowest BCUT2D eigenvalue weighted by Gasteiger charge is -2.28. The quantitative estimate of drug-likeness (QED) is 0.226. The Kier molecular flexibility index (Phi) is 11.4. The Labute approximate surface area is 247 Å². The first-order valence-electron chi connectivity index (χ1n) is 15.1. The smallest absolute Gasteiger partial charge is 0.268 e. The summed E-state index contributed by atoms with van der Waals surface area (Å²) in [6.45, 7) is 5.59. The summed E-state index contributed by atoms with van der Waals surface area (Å²) in [5.41, 5.74) is 3.44. The molecule has 9 heteroatoms. The maximum absolute atomic E-state index is 13.5. The number of nitrogens with zero attached hydrogens (tertiary/aromatic N) is 2. The van der Waals surface area contributed by atoms with Gasteiger partial charge in [0.25, 0.3) is 5.91 Å². The van der Waals surface area contributed by atoms with Crippen molar-refractivity contribution in [1.29, 1.82) is 0 Å². The van der Waals surface area contributed by atoms with E-state index in [1.54, 1.807) is 16.2 Å². The number of aliphatic hydroxyl groups is 1. The van der Waals surface area contributed by atoms with Gasteiger partial charge in [-0.05, 0) is 87.1 Å². The summed E-state index contributed by atoms with van der Waals surface area (Å²) in [6.07, 6.45) is 7.64. The molecule has 0 unspecified atom stereocenters. The predicted octanol–water partition coefficient (Wildman–Crippen LogP) is 5.28. The van der Waals surface area contributed by atoms with E-state index >= 15 is 0 Å². The van der Waals surface area contributed by atoms with Gasteiger partial charge in [0.05, 0.1) is 10.2 Å². The van der Waals surface area contributed by atoms with Crippen molar-refractivity contribution in [2.45, 2.75) is 84.2 Å². The number of hydrogen-bond acceptors (Lipinski definition) is 5. The fraction of sp³-hybridized carbons (Fsp3) is 0.531. The molecule has 0 bridgehead atoms. The van der Waals surface area contributed by atoms with Crippen molar-refractivity contribution in [3.05, 3.63) is 53.0 Å². The van der Waals surface area contributed by atoms with Crippen LogP contribution in [-0.2, 0) is 22.6 Å². The number of thiophene rings is 1. The topological polar surface area (TPSA) is 104 Å². The van der Waals surface area contributed by atoms with E-state index in [1.807, 2.05) is 41.1 Å². The first kappa shape index (κ1) is 30.8. The highest BCUT2D eigenvalue weighted by molar-refractivity contribution is 7.17. The van der Waals surface area contributed by atoms with Gasteiger partial charge in [0.1, 0.15) is 12.2 Å². The highest BCUT2D eigenvalue weighted by Gasteiger charge is 2.28. The number of nitrogens with one attached hydrogen (secondary N) is 2. The minimum absolute atomic E-state index is 0.00560. The minimum atomic E-state index is -0.173. The predicted molar refractivity (Wildman–Crippen MR) is 165 cm³/mol. The summed E-state index contributed by atoms with van der Waals surface area (Å²) in [6, 6.07) is 11.9. The second-order valence-electron chi connectivity index (χ2n) is 10.9. The zero-order valence-corrected chi connectivity index (χ0v) is 25.2. The van der Waals surface area contributed by atoms with Crippen LogP contribution < -0.4 is 15.5 Å². The van der Waals surface area contributed by atoms with Crippen LogP contribution in [0.15, 0.2) is 41.8 Å². The Morgan fingerprint density at radius 3 is 2.54 bits per heavy atom. The molecule has 8 nitrogen and oxygen atoms in total. The number of hydrogen-bond donors (Lipinski definition) is 3. The standard InChI is InChI=1S/C32H44N4O4S/c1-3-23-10-9-11-26(20-23)35(4-2)30(38)22-36-27-16-19-41-29(27)21-28(36)32(40)34-25-14-12-24(13-15-25)31(39)33-17-7-5-6-8-18-37/h9-11,16,19-21,24-25,37H,3-8,12-15,17-18,22H2,1-2H3,(H,33,39)(H,34,40). The molecule has 0 aliphatic heterocycles. The number of anilines is 1. The van der Waals surface area contributed by atoms with E-state index in [2.05, 4.69) is 29.7 Å². The van der Waals surface area contributed by atoms with Crippen LogP contribution in [0.25, 0.3) is 10.2 Å². The third kappa shape index (κ3) is 7.98. The van der Waals surface area contributed by atoms with Crippen LogP contribution in [0.5, 0.6) is 0 Å². The van der Waals surface area contributed by atoms with Crippen LogP contribution in [0.3, 0.4) is 0 Å². The second-order valence-corrected chi connectivity index (χ2v) is 11.8. The molecule has 1 fully saturated rings. The van der Waals surface area contributed by atoms with Gasteiger partial charge in [0.2, 0.25) is 11.8 Å². The van der Waals surface area contributed by atoms with Gasteiger partial charge >= 0.3 is 0 Å². The highest BCUT2D eigenvalue weighted by atomic mass is 32.1. The Hall–Kier alpha value is -3.17. The molecular formula is C32H44N4O4S. The number of benzene rings is 1. The highest BCUT2D eigenvalue weighted by Crippen LogP contribution is 2.28. The van der Waals surface area contributed by atoms with E-state index in [-0.39, 0.29) is 42.8 Å². The first-order chi connectivity index (χ1) is 19.9. The number of aliphatic hydroxyl groups excluding tert-OH is 1. The van der Waals surface area contributed by atoms with Crippen LogP contribution in [0.2, 0.25) is 0 Å². The molecule has 1 aliphatic carbocycles. The van der Waals surface area contributed by atoms with Gasteiger partial charge in [-0.15, -0.1) is 11.3 Å². The lowest BCUT2D eigenvalue weighted by molar-refractivity contribution is -0.126. The van der Waals surface area contributed by atoms with E-state index in [1.165, 1.54) is 5.56 Å². The summed E-state index contributed by atoms with van der Waals surface area (Å²) >= 11 is 1.56. The SMILES string of the molecule is CCc1cccc(N(CC)C(=O)Cn2c(C(=O)NC3CCC(C(=O)NCCCCCCO)CC3)cc3sccc32)c1. The lowest BCUT2D eigenvalue weighted by Crippen LogP contribution is -2.42. The molecular weight excluding hydrogens is 536 g/mol. The van der Waals surface area contributed by atoms with Crippen molar-refractivity contribution in [2.75, 3.05) is 24.6 Å². The molecule has 2 aromatic heterocycles. The fourth-order valence-corrected chi connectivity index (χ4v) is 6.53. The molecule has 4 rings (SSSR count). The third-order valence-corrected chi connectivity index (χ3v) is 8.97. The molecule has 2 heterocycles. The van der Waals surface area contributed by atoms with E-state index in [0.717, 1.165) is 73.7 Å². The molecule has 3 N–H and O–H groups in total. The summed E-state index contributed by atoms with van der Waals surface area (Å²) in [5.74, 6) is -0.139. The number of amides is 3. The number of aromatic nitrogens is 1. The van der Waals surface area contributed by atoms with E-state index < -0.39 is 0 Å². The largest absolute Gasteiger partial charge is 0.396 e. The first-order valence-corrected chi connectivity index (χ1v) is 16.0. The normalized spacial score (nSPS) is 17.0. The number of aryl methyl sites for hydroxylation is 1. The van der Waals surface area contributed by atoms with Gasteiger partial charge in [-0.3, -0.25) is 14.4 Å². The van der Waals surface area contributed by atoms with Gasteiger partial charge in [-0.25, -0.2) is 0 Å². The van der Waals surface area contributed by atoms with E-state index in [9.17, 15) is 14.4 Å². The average molecular weight is 581 g/mol. The Bertz CT molecular complexity index is 1310. The van der Waals surface area contributed by atoms with Crippen LogP contribution in [0.4, 0.5) is 5.69 Å². The van der Waals surface area contributed by atoms with Crippen molar-refractivity contribution in [3.8, 4) is 0 Å². The Balaban J connectivity index is 1.35. The fourth-order valence-electron chi connectivity index (χ4n) is 5.71. The molecule has 0 radical (unpaired) electrons. The van der Waals surface area contributed by atoms with Crippen molar-refractivity contribution >= 4 is 45.0 Å². The number of carbonyl (C=O) groups excluding carboxylic acids is 3. The van der Waals surface area contributed by atoms with Gasteiger partial charge in [-0.1, -0.05) is 31.9 Å². The lowest BCUT2D eigenvalue weighted by atomic mass is 9.85. The van der Waals surface area contributed by atoms with Gasteiger partial charge in [-0.2, -0.15) is 0 Å². The van der Waals surface area contributed by atoms with Crippen molar-refractivity contribution in [2.24, 2.45) is 5.92 Å². The second kappa shape index (κ2) is 15.2. The van der Waals surface area contributed by atoms with Crippen LogP contribution >= 0.6 is 11.3 Å². The molecule has 0 spiro atoms. The van der Waals surface area contributed by atoms with Crippen LogP contribution in [0.1, 0.15) is 81.3 Å². The zero-order valence-electron chi connectivity index (χ0n) is 24.4. The monoisotopic (exact) mass is 580 g/mol. The zero-order chi connectivity index (χ0) is 29.2. The van der Waals surface area contributed by atoms with E-state index in [0.29, 0.717) is 18.8 Å². The summed E-state index contributed by atoms with van der Waals surface area (Å²) in [4.78, 5) is 41.4. The van der Waals surface area contributed by atoms with E-state index in [4.69, 9.17) is 5.11 Å². The third-order valence-electron chi connectivity index (χ3n) is 8.11. The molecule has 1 aliphatic rings.